The van der Waals surface area contributed by atoms with Crippen LogP contribution in [0.25, 0.3) is 0 Å². The second-order valence-electron chi connectivity index (χ2n) is 9.24. The number of rotatable bonds is 22. The standard InChI is InChI=1S/C26H48O7/c1-2-3-4-5-6-7-8-9-10-11-12-13-14-15-16-17-24(30)33-25-22(29)21-32-26(25)23(20-28)31-19-18-27/h18,22-23,25-26,28-29H,2-17,19-21H2,1H3/t22-,23+,25+,26+/m0/s1. The fraction of sp³-hybridized carbons (Fsp3) is 0.923. The number of carbonyl (C=O) groups excluding carboxylic acids is 2. The summed E-state index contributed by atoms with van der Waals surface area (Å²) in [6, 6.07) is 0. The second-order valence-corrected chi connectivity index (χ2v) is 9.24. The van der Waals surface area contributed by atoms with Crippen molar-refractivity contribution in [2.24, 2.45) is 0 Å². The molecule has 0 aromatic rings. The van der Waals surface area contributed by atoms with Crippen molar-refractivity contribution in [1.29, 1.82) is 0 Å². The van der Waals surface area contributed by atoms with E-state index in [0.29, 0.717) is 12.7 Å². The first kappa shape index (κ1) is 30.0. The van der Waals surface area contributed by atoms with E-state index in [0.717, 1.165) is 19.3 Å². The quantitative estimate of drug-likeness (QED) is 0.136. The molecule has 1 rings (SSSR count). The second kappa shape index (κ2) is 20.4. The van der Waals surface area contributed by atoms with E-state index in [4.69, 9.17) is 14.2 Å². The number of esters is 1. The van der Waals surface area contributed by atoms with Gasteiger partial charge in [-0.05, 0) is 6.42 Å². The summed E-state index contributed by atoms with van der Waals surface area (Å²) in [6.45, 7) is 1.68. The topological polar surface area (TPSA) is 102 Å². The molecule has 1 fully saturated rings. The lowest BCUT2D eigenvalue weighted by Gasteiger charge is -2.26. The Bertz CT molecular complexity index is 485. The number of unbranched alkanes of at least 4 members (excludes halogenated alkanes) is 14. The molecule has 0 unspecified atom stereocenters. The van der Waals surface area contributed by atoms with E-state index in [1.165, 1.54) is 77.0 Å². The van der Waals surface area contributed by atoms with E-state index >= 15 is 0 Å². The molecule has 194 valence electrons. The van der Waals surface area contributed by atoms with Crippen LogP contribution in [0.2, 0.25) is 0 Å². The highest BCUT2D eigenvalue weighted by atomic mass is 16.6. The maximum absolute atomic E-state index is 12.2. The average molecular weight is 473 g/mol. The van der Waals surface area contributed by atoms with Crippen molar-refractivity contribution < 1.29 is 34.0 Å². The first-order chi connectivity index (χ1) is 16.1. The first-order valence-corrected chi connectivity index (χ1v) is 13.3. The summed E-state index contributed by atoms with van der Waals surface area (Å²) >= 11 is 0. The van der Waals surface area contributed by atoms with Gasteiger partial charge in [-0.2, -0.15) is 0 Å². The minimum atomic E-state index is -0.964. The van der Waals surface area contributed by atoms with Crippen molar-refractivity contribution >= 4 is 12.3 Å². The van der Waals surface area contributed by atoms with Crippen molar-refractivity contribution in [3.63, 3.8) is 0 Å². The zero-order chi connectivity index (χ0) is 24.2. The van der Waals surface area contributed by atoms with Gasteiger partial charge in [-0.3, -0.25) is 4.79 Å². The first-order valence-electron chi connectivity index (χ1n) is 13.3. The molecule has 0 aromatic carbocycles. The maximum Gasteiger partial charge on any atom is 0.306 e. The summed E-state index contributed by atoms with van der Waals surface area (Å²) in [7, 11) is 0. The number of carbonyl (C=O) groups is 2. The van der Waals surface area contributed by atoms with Crippen LogP contribution in [0.1, 0.15) is 110 Å². The highest BCUT2D eigenvalue weighted by molar-refractivity contribution is 5.69. The molecule has 7 nitrogen and oxygen atoms in total. The van der Waals surface area contributed by atoms with Crippen molar-refractivity contribution in [3.8, 4) is 0 Å². The summed E-state index contributed by atoms with van der Waals surface area (Å²) < 4.78 is 16.1. The molecular formula is C26H48O7. The Labute approximate surface area is 200 Å². The minimum absolute atomic E-state index is 0.00250. The number of aldehydes is 1. The minimum Gasteiger partial charge on any atom is -0.457 e. The Morgan fingerprint density at radius 1 is 0.939 bits per heavy atom. The number of hydrogen-bond acceptors (Lipinski definition) is 7. The molecule has 1 aliphatic heterocycles. The van der Waals surface area contributed by atoms with E-state index in [1.807, 2.05) is 0 Å². The van der Waals surface area contributed by atoms with Gasteiger partial charge in [-0.25, -0.2) is 0 Å². The zero-order valence-corrected chi connectivity index (χ0v) is 20.8. The van der Waals surface area contributed by atoms with Crippen LogP contribution in [0.15, 0.2) is 0 Å². The molecule has 1 saturated heterocycles. The average Bonchev–Trinajstić information content (AvgIpc) is 3.17. The summed E-state index contributed by atoms with van der Waals surface area (Å²) in [6.07, 6.45) is 16.4. The third-order valence-corrected chi connectivity index (χ3v) is 6.34. The Hall–Kier alpha value is -1.02. The molecule has 2 N–H and O–H groups in total. The van der Waals surface area contributed by atoms with Crippen LogP contribution in [0.4, 0.5) is 0 Å². The third-order valence-electron chi connectivity index (χ3n) is 6.34. The lowest BCUT2D eigenvalue weighted by Crippen LogP contribution is -2.44. The van der Waals surface area contributed by atoms with Crippen molar-refractivity contribution in [2.75, 3.05) is 19.8 Å². The van der Waals surface area contributed by atoms with Gasteiger partial charge in [-0.15, -0.1) is 0 Å². The summed E-state index contributed by atoms with van der Waals surface area (Å²) in [5, 5.41) is 19.5. The van der Waals surface area contributed by atoms with Gasteiger partial charge in [0.1, 0.15) is 31.2 Å². The molecule has 4 atom stereocenters. The zero-order valence-electron chi connectivity index (χ0n) is 20.8. The van der Waals surface area contributed by atoms with Crippen LogP contribution in [-0.2, 0) is 23.8 Å². The Kier molecular flexibility index (Phi) is 18.5. The van der Waals surface area contributed by atoms with E-state index in [9.17, 15) is 19.8 Å². The third kappa shape index (κ3) is 14.1. The molecule has 1 heterocycles. The van der Waals surface area contributed by atoms with E-state index in [1.54, 1.807) is 0 Å². The molecule has 0 bridgehead atoms. The molecule has 0 saturated carbocycles. The van der Waals surface area contributed by atoms with Crippen LogP contribution < -0.4 is 0 Å². The molecule has 0 amide bonds. The predicted octanol–water partition coefficient (Wildman–Crippen LogP) is 4.50. The molecule has 0 radical (unpaired) electrons. The summed E-state index contributed by atoms with van der Waals surface area (Å²) in [4.78, 5) is 22.7. The van der Waals surface area contributed by atoms with Crippen LogP contribution in [0.5, 0.6) is 0 Å². The molecule has 1 aliphatic rings. The summed E-state index contributed by atoms with van der Waals surface area (Å²) in [5.74, 6) is -0.378. The SMILES string of the molecule is CCCCCCCCCCCCCCCCCC(=O)O[C@H]1[C@@H]([C@@H](CO)OCC=O)OC[C@@H]1O. The lowest BCUT2D eigenvalue weighted by molar-refractivity contribution is -0.163. The number of hydrogen-bond donors (Lipinski definition) is 2. The van der Waals surface area contributed by atoms with Crippen LogP contribution in [0, 0.1) is 0 Å². The molecule has 0 spiro atoms. The van der Waals surface area contributed by atoms with Gasteiger partial charge in [0.25, 0.3) is 0 Å². The smallest absolute Gasteiger partial charge is 0.306 e. The normalized spacial score (nSPS) is 21.2. The fourth-order valence-corrected chi connectivity index (χ4v) is 4.35. The van der Waals surface area contributed by atoms with Crippen molar-refractivity contribution in [2.45, 2.75) is 134 Å². The van der Waals surface area contributed by atoms with Gasteiger partial charge < -0.3 is 29.2 Å². The molecule has 33 heavy (non-hydrogen) atoms. The van der Waals surface area contributed by atoms with Gasteiger partial charge in [0.2, 0.25) is 0 Å². The van der Waals surface area contributed by atoms with Crippen LogP contribution >= 0.6 is 0 Å². The highest BCUT2D eigenvalue weighted by Crippen LogP contribution is 2.23. The fourth-order valence-electron chi connectivity index (χ4n) is 4.35. The van der Waals surface area contributed by atoms with E-state index in [-0.39, 0.29) is 19.2 Å². The number of aliphatic hydroxyl groups is 2. The monoisotopic (exact) mass is 472 g/mol. The van der Waals surface area contributed by atoms with Gasteiger partial charge in [0.05, 0.1) is 13.2 Å². The Morgan fingerprint density at radius 2 is 1.45 bits per heavy atom. The van der Waals surface area contributed by atoms with Gasteiger partial charge in [0, 0.05) is 6.42 Å². The highest BCUT2D eigenvalue weighted by Gasteiger charge is 2.44. The van der Waals surface area contributed by atoms with Crippen LogP contribution in [0.3, 0.4) is 0 Å². The van der Waals surface area contributed by atoms with Crippen LogP contribution in [-0.4, -0.2) is 66.7 Å². The number of ether oxygens (including phenoxy) is 3. The molecule has 7 heteroatoms. The Morgan fingerprint density at radius 3 is 1.94 bits per heavy atom. The predicted molar refractivity (Wildman–Crippen MR) is 128 cm³/mol. The van der Waals surface area contributed by atoms with E-state index in [2.05, 4.69) is 6.92 Å². The van der Waals surface area contributed by atoms with Crippen molar-refractivity contribution in [3.05, 3.63) is 0 Å². The largest absolute Gasteiger partial charge is 0.457 e. The van der Waals surface area contributed by atoms with Gasteiger partial charge in [-0.1, -0.05) is 96.8 Å². The molecule has 0 aliphatic carbocycles. The van der Waals surface area contributed by atoms with Crippen molar-refractivity contribution in [1.82, 2.24) is 0 Å². The van der Waals surface area contributed by atoms with Gasteiger partial charge >= 0.3 is 5.97 Å². The van der Waals surface area contributed by atoms with E-state index < -0.39 is 31.0 Å². The maximum atomic E-state index is 12.2. The molecular weight excluding hydrogens is 424 g/mol. The Balaban J connectivity index is 2.02. The lowest BCUT2D eigenvalue weighted by atomic mass is 10.0. The summed E-state index contributed by atoms with van der Waals surface area (Å²) in [5.41, 5.74) is 0. The number of aliphatic hydroxyl groups excluding tert-OH is 2. The molecule has 0 aromatic heterocycles. The van der Waals surface area contributed by atoms with Gasteiger partial charge in [0.15, 0.2) is 6.10 Å².